The molecule has 0 saturated heterocycles. The Hall–Kier alpha value is -0.520. The fourth-order valence-electron chi connectivity index (χ4n) is 2.65. The first-order chi connectivity index (χ1) is 5.22. The van der Waals surface area contributed by atoms with Crippen LogP contribution in [0.4, 0.5) is 0 Å². The lowest BCUT2D eigenvalue weighted by Crippen LogP contribution is -2.28. The topological polar surface area (TPSA) is 0 Å². The molecule has 0 unspecified atom stereocenters. The third-order valence-electron chi connectivity index (χ3n) is 3.71. The van der Waals surface area contributed by atoms with E-state index >= 15 is 0 Å². The summed E-state index contributed by atoms with van der Waals surface area (Å²) in [5, 5.41) is 0. The predicted molar refractivity (Wildman–Crippen MR) is 48.3 cm³/mol. The van der Waals surface area contributed by atoms with Gasteiger partial charge in [-0.3, -0.25) is 0 Å². The summed E-state index contributed by atoms with van der Waals surface area (Å²) >= 11 is 0. The molecule has 2 aliphatic carbocycles. The SMILES string of the molecule is CC[C@]12C=CC[C@@]1(C)C=CC2. The van der Waals surface area contributed by atoms with Gasteiger partial charge < -0.3 is 0 Å². The van der Waals surface area contributed by atoms with Crippen LogP contribution in [0.3, 0.4) is 0 Å². The number of allylic oxidation sites excluding steroid dienone is 4. The number of fused-ring (bicyclic) bond motifs is 1. The standard InChI is InChI=1S/C11H16/c1-3-11-8-4-6-10(11,2)7-5-9-11/h4-6,9H,3,7-8H2,1-2H3/t10-,11+/m1/s1. The van der Waals surface area contributed by atoms with Crippen molar-refractivity contribution >= 4 is 0 Å². The Bertz CT molecular complexity index is 224. The minimum atomic E-state index is 0.460. The summed E-state index contributed by atoms with van der Waals surface area (Å²) in [4.78, 5) is 0. The summed E-state index contributed by atoms with van der Waals surface area (Å²) in [6.07, 6.45) is 13.4. The third kappa shape index (κ3) is 0.702. The van der Waals surface area contributed by atoms with E-state index in [9.17, 15) is 0 Å². The first kappa shape index (κ1) is 7.15. The van der Waals surface area contributed by atoms with Crippen LogP contribution >= 0.6 is 0 Å². The minimum Gasteiger partial charge on any atom is -0.0871 e. The lowest BCUT2D eigenvalue weighted by atomic mass is 9.67. The number of hydrogen-bond donors (Lipinski definition) is 0. The molecule has 11 heavy (non-hydrogen) atoms. The van der Waals surface area contributed by atoms with Crippen molar-refractivity contribution in [2.75, 3.05) is 0 Å². The van der Waals surface area contributed by atoms with E-state index in [2.05, 4.69) is 38.2 Å². The molecule has 0 aliphatic heterocycles. The summed E-state index contributed by atoms with van der Waals surface area (Å²) < 4.78 is 0. The molecule has 2 atom stereocenters. The van der Waals surface area contributed by atoms with Gasteiger partial charge >= 0.3 is 0 Å². The molecule has 60 valence electrons. The van der Waals surface area contributed by atoms with Crippen LogP contribution in [0.2, 0.25) is 0 Å². The second-order valence-electron chi connectivity index (χ2n) is 4.14. The van der Waals surface area contributed by atoms with E-state index in [0.29, 0.717) is 10.8 Å². The molecule has 0 N–H and O–H groups in total. The summed E-state index contributed by atoms with van der Waals surface area (Å²) in [5.41, 5.74) is 0.953. The van der Waals surface area contributed by atoms with E-state index < -0.39 is 0 Å². The Morgan fingerprint density at radius 1 is 1.18 bits per heavy atom. The molecule has 0 heteroatoms. The van der Waals surface area contributed by atoms with E-state index in [4.69, 9.17) is 0 Å². The maximum Gasteiger partial charge on any atom is 0.000479 e. The van der Waals surface area contributed by atoms with Crippen molar-refractivity contribution in [3.05, 3.63) is 24.3 Å². The highest BCUT2D eigenvalue weighted by Crippen LogP contribution is 2.57. The van der Waals surface area contributed by atoms with E-state index in [1.54, 1.807) is 0 Å². The largest absolute Gasteiger partial charge is 0.0871 e. The van der Waals surface area contributed by atoms with Crippen LogP contribution in [0.15, 0.2) is 24.3 Å². The summed E-state index contributed by atoms with van der Waals surface area (Å²) in [5.74, 6) is 0. The van der Waals surface area contributed by atoms with Gasteiger partial charge in [0.25, 0.3) is 0 Å². The van der Waals surface area contributed by atoms with Crippen LogP contribution in [0.1, 0.15) is 33.1 Å². The first-order valence-electron chi connectivity index (χ1n) is 4.58. The van der Waals surface area contributed by atoms with Crippen molar-refractivity contribution in [2.24, 2.45) is 10.8 Å². The minimum absolute atomic E-state index is 0.460. The zero-order chi connectivity index (χ0) is 7.95. The van der Waals surface area contributed by atoms with Crippen molar-refractivity contribution in [3.8, 4) is 0 Å². The Morgan fingerprint density at radius 2 is 1.91 bits per heavy atom. The quantitative estimate of drug-likeness (QED) is 0.500. The number of rotatable bonds is 1. The molecular weight excluding hydrogens is 132 g/mol. The zero-order valence-electron chi connectivity index (χ0n) is 7.43. The highest BCUT2D eigenvalue weighted by molar-refractivity contribution is 5.28. The lowest BCUT2D eigenvalue weighted by Gasteiger charge is -2.36. The molecule has 0 spiro atoms. The van der Waals surface area contributed by atoms with Gasteiger partial charge in [0.15, 0.2) is 0 Å². The van der Waals surface area contributed by atoms with E-state index in [1.165, 1.54) is 19.3 Å². The van der Waals surface area contributed by atoms with Gasteiger partial charge in [-0.05, 0) is 24.7 Å². The van der Waals surface area contributed by atoms with Crippen LogP contribution in [-0.2, 0) is 0 Å². The van der Waals surface area contributed by atoms with Crippen LogP contribution < -0.4 is 0 Å². The van der Waals surface area contributed by atoms with Gasteiger partial charge in [-0.2, -0.15) is 0 Å². The van der Waals surface area contributed by atoms with Gasteiger partial charge in [0, 0.05) is 5.41 Å². The van der Waals surface area contributed by atoms with Crippen molar-refractivity contribution in [1.82, 2.24) is 0 Å². The van der Waals surface area contributed by atoms with Crippen molar-refractivity contribution in [1.29, 1.82) is 0 Å². The Kier molecular flexibility index (Phi) is 1.30. The van der Waals surface area contributed by atoms with Gasteiger partial charge in [-0.25, -0.2) is 0 Å². The Morgan fingerprint density at radius 3 is 2.55 bits per heavy atom. The molecule has 0 saturated carbocycles. The molecule has 2 aliphatic rings. The highest BCUT2D eigenvalue weighted by Gasteiger charge is 2.47. The van der Waals surface area contributed by atoms with Gasteiger partial charge in [0.2, 0.25) is 0 Å². The van der Waals surface area contributed by atoms with Gasteiger partial charge in [0.05, 0.1) is 0 Å². The molecule has 2 rings (SSSR count). The van der Waals surface area contributed by atoms with Crippen molar-refractivity contribution in [3.63, 3.8) is 0 Å². The molecule has 0 bridgehead atoms. The third-order valence-corrected chi connectivity index (χ3v) is 3.71. The lowest BCUT2D eigenvalue weighted by molar-refractivity contribution is 0.197. The number of hydrogen-bond acceptors (Lipinski definition) is 0. The molecule has 0 aromatic rings. The average molecular weight is 148 g/mol. The predicted octanol–water partition coefficient (Wildman–Crippen LogP) is 3.31. The molecule has 0 radical (unpaired) electrons. The van der Waals surface area contributed by atoms with Gasteiger partial charge in [-0.15, -0.1) is 0 Å². The smallest absolute Gasteiger partial charge is 0.000479 e. The second-order valence-corrected chi connectivity index (χ2v) is 4.14. The van der Waals surface area contributed by atoms with Crippen molar-refractivity contribution in [2.45, 2.75) is 33.1 Å². The average Bonchev–Trinajstić information content (AvgIpc) is 2.41. The van der Waals surface area contributed by atoms with Gasteiger partial charge in [-0.1, -0.05) is 38.2 Å². The molecule has 0 aromatic carbocycles. The zero-order valence-corrected chi connectivity index (χ0v) is 7.43. The molecule has 0 heterocycles. The van der Waals surface area contributed by atoms with Crippen LogP contribution in [0.25, 0.3) is 0 Å². The Labute approximate surface area is 69.0 Å². The van der Waals surface area contributed by atoms with E-state index in [0.717, 1.165) is 0 Å². The van der Waals surface area contributed by atoms with Crippen LogP contribution in [0.5, 0.6) is 0 Å². The maximum atomic E-state index is 2.44. The molecule has 0 nitrogen and oxygen atoms in total. The summed E-state index contributed by atoms with van der Waals surface area (Å²) in [7, 11) is 0. The maximum absolute atomic E-state index is 2.44. The molecule has 0 amide bonds. The molecule has 0 aromatic heterocycles. The van der Waals surface area contributed by atoms with Crippen LogP contribution in [-0.4, -0.2) is 0 Å². The molecular formula is C11H16. The fourth-order valence-corrected chi connectivity index (χ4v) is 2.65. The van der Waals surface area contributed by atoms with E-state index in [1.807, 2.05) is 0 Å². The second kappa shape index (κ2) is 2.00. The van der Waals surface area contributed by atoms with Gasteiger partial charge in [0.1, 0.15) is 0 Å². The fraction of sp³-hybridized carbons (Fsp3) is 0.636. The summed E-state index contributed by atoms with van der Waals surface area (Å²) in [6.45, 7) is 4.70. The van der Waals surface area contributed by atoms with E-state index in [-0.39, 0.29) is 0 Å². The van der Waals surface area contributed by atoms with Crippen molar-refractivity contribution < 1.29 is 0 Å². The molecule has 0 fully saturated rings. The normalized spacial score (nSPS) is 46.7. The van der Waals surface area contributed by atoms with Crippen LogP contribution in [0, 0.1) is 10.8 Å². The monoisotopic (exact) mass is 148 g/mol. The highest BCUT2D eigenvalue weighted by atomic mass is 14.5. The first-order valence-corrected chi connectivity index (χ1v) is 4.58. The Balaban J connectivity index is 2.39. The summed E-state index contributed by atoms with van der Waals surface area (Å²) in [6, 6.07) is 0.